The van der Waals surface area contributed by atoms with Crippen molar-refractivity contribution in [2.45, 2.75) is 51.2 Å². The Morgan fingerprint density at radius 1 is 1.28 bits per heavy atom. The molecule has 2 aliphatic rings. The third-order valence-electron chi connectivity index (χ3n) is 3.70. The van der Waals surface area contributed by atoms with Gasteiger partial charge in [-0.05, 0) is 46.0 Å². The Hall–Kier alpha value is -1.26. The molecule has 0 aromatic rings. The van der Waals surface area contributed by atoms with Crippen molar-refractivity contribution in [2.75, 3.05) is 7.11 Å². The lowest BCUT2D eigenvalue weighted by molar-refractivity contribution is -0.145. The fourth-order valence-corrected chi connectivity index (χ4v) is 2.86. The Morgan fingerprint density at radius 3 is 2.50 bits per heavy atom. The van der Waals surface area contributed by atoms with Crippen LogP contribution < -0.4 is 5.32 Å². The number of rotatable bonds is 2. The van der Waals surface area contributed by atoms with Crippen molar-refractivity contribution in [3.05, 3.63) is 0 Å². The van der Waals surface area contributed by atoms with E-state index < -0.39 is 11.7 Å². The van der Waals surface area contributed by atoms with Crippen LogP contribution in [0.2, 0.25) is 0 Å². The molecule has 0 saturated heterocycles. The number of fused-ring (bicyclic) bond motifs is 1. The zero-order chi connectivity index (χ0) is 13.6. The van der Waals surface area contributed by atoms with Gasteiger partial charge in [0.25, 0.3) is 0 Å². The molecule has 0 bridgehead atoms. The number of carbonyl (C=O) groups excluding carboxylic acids is 2. The van der Waals surface area contributed by atoms with E-state index in [0.717, 1.165) is 12.8 Å². The predicted molar refractivity (Wildman–Crippen MR) is 64.9 cm³/mol. The van der Waals surface area contributed by atoms with Gasteiger partial charge in [0.1, 0.15) is 5.60 Å². The standard InChI is InChI=1S/C13H21NO4/c1-12(2,3)18-11(16)14-13-6-8(10(15)17-4)5-9(13)7-13/h8-9H,5-7H2,1-4H3,(H,14,16)/t8-,9-,13-/m0/s1. The van der Waals surface area contributed by atoms with Gasteiger partial charge in [0, 0.05) is 5.54 Å². The smallest absolute Gasteiger partial charge is 0.408 e. The highest BCUT2D eigenvalue weighted by Crippen LogP contribution is 2.58. The van der Waals surface area contributed by atoms with E-state index in [9.17, 15) is 9.59 Å². The summed E-state index contributed by atoms with van der Waals surface area (Å²) in [7, 11) is 1.40. The lowest BCUT2D eigenvalue weighted by Crippen LogP contribution is -2.41. The normalized spacial score (nSPS) is 33.6. The van der Waals surface area contributed by atoms with Crippen LogP contribution in [0.4, 0.5) is 4.79 Å². The minimum atomic E-state index is -0.495. The number of hydrogen-bond acceptors (Lipinski definition) is 4. The van der Waals surface area contributed by atoms with Crippen molar-refractivity contribution >= 4 is 12.1 Å². The molecule has 0 aromatic heterocycles. The first-order chi connectivity index (χ1) is 8.26. The molecule has 102 valence electrons. The van der Waals surface area contributed by atoms with Gasteiger partial charge < -0.3 is 14.8 Å². The molecule has 2 saturated carbocycles. The maximum atomic E-state index is 11.7. The van der Waals surface area contributed by atoms with E-state index >= 15 is 0 Å². The second-order valence-corrected chi connectivity index (χ2v) is 6.34. The molecule has 0 unspecified atom stereocenters. The monoisotopic (exact) mass is 255 g/mol. The zero-order valence-corrected chi connectivity index (χ0v) is 11.4. The molecule has 0 aromatic carbocycles. The number of nitrogens with one attached hydrogen (secondary N) is 1. The van der Waals surface area contributed by atoms with Gasteiger partial charge in [-0.1, -0.05) is 0 Å². The van der Waals surface area contributed by atoms with E-state index in [1.165, 1.54) is 7.11 Å². The summed E-state index contributed by atoms with van der Waals surface area (Å²) in [6.07, 6.45) is 2.03. The van der Waals surface area contributed by atoms with Gasteiger partial charge in [-0.15, -0.1) is 0 Å². The number of carbonyl (C=O) groups is 2. The Kier molecular flexibility index (Phi) is 3.03. The van der Waals surface area contributed by atoms with Crippen LogP contribution in [0.1, 0.15) is 40.0 Å². The highest BCUT2D eigenvalue weighted by atomic mass is 16.6. The van der Waals surface area contributed by atoms with Crippen molar-refractivity contribution in [3.63, 3.8) is 0 Å². The average Bonchev–Trinajstić information content (AvgIpc) is 2.75. The number of esters is 1. The second kappa shape index (κ2) is 4.14. The fraction of sp³-hybridized carbons (Fsp3) is 0.846. The summed E-state index contributed by atoms with van der Waals surface area (Å²) < 4.78 is 10.00. The topological polar surface area (TPSA) is 64.6 Å². The third-order valence-corrected chi connectivity index (χ3v) is 3.70. The molecule has 0 radical (unpaired) electrons. The SMILES string of the molecule is COC(=O)[C@H]1C[C@H]2C[C@@]2(NC(=O)OC(C)(C)C)C1. The number of methoxy groups -OCH3 is 1. The maximum Gasteiger partial charge on any atom is 0.408 e. The first-order valence-corrected chi connectivity index (χ1v) is 6.35. The van der Waals surface area contributed by atoms with E-state index in [4.69, 9.17) is 9.47 Å². The van der Waals surface area contributed by atoms with Crippen LogP contribution in [-0.4, -0.2) is 30.3 Å². The second-order valence-electron chi connectivity index (χ2n) is 6.34. The molecular weight excluding hydrogens is 234 g/mol. The van der Waals surface area contributed by atoms with Gasteiger partial charge in [-0.2, -0.15) is 0 Å². The number of amides is 1. The summed E-state index contributed by atoms with van der Waals surface area (Å²) >= 11 is 0. The zero-order valence-electron chi connectivity index (χ0n) is 11.4. The largest absolute Gasteiger partial charge is 0.469 e. The molecule has 0 spiro atoms. The van der Waals surface area contributed by atoms with Gasteiger partial charge in [0.15, 0.2) is 0 Å². The van der Waals surface area contributed by atoms with Gasteiger partial charge in [0.2, 0.25) is 0 Å². The van der Waals surface area contributed by atoms with E-state index in [-0.39, 0.29) is 17.4 Å². The van der Waals surface area contributed by atoms with E-state index in [1.54, 1.807) is 0 Å². The molecule has 5 heteroatoms. The van der Waals surface area contributed by atoms with E-state index in [0.29, 0.717) is 12.3 Å². The van der Waals surface area contributed by atoms with Gasteiger partial charge in [-0.25, -0.2) is 4.79 Å². The molecular formula is C13H21NO4. The van der Waals surface area contributed by atoms with Crippen LogP contribution in [0.3, 0.4) is 0 Å². The van der Waals surface area contributed by atoms with Crippen molar-refractivity contribution in [1.82, 2.24) is 5.32 Å². The minimum absolute atomic E-state index is 0.0799. The van der Waals surface area contributed by atoms with Crippen molar-refractivity contribution in [1.29, 1.82) is 0 Å². The summed E-state index contributed by atoms with van der Waals surface area (Å²) in [5.41, 5.74) is -0.716. The molecule has 2 rings (SSSR count). The van der Waals surface area contributed by atoms with Crippen LogP contribution >= 0.6 is 0 Å². The summed E-state index contributed by atoms with van der Waals surface area (Å²) in [6.45, 7) is 5.50. The molecule has 2 fully saturated rings. The Labute approximate surface area is 107 Å². The Morgan fingerprint density at radius 2 is 1.94 bits per heavy atom. The lowest BCUT2D eigenvalue weighted by atomic mass is 10.0. The molecule has 5 nitrogen and oxygen atoms in total. The average molecular weight is 255 g/mol. The Bertz CT molecular complexity index is 374. The number of hydrogen-bond donors (Lipinski definition) is 1. The summed E-state index contributed by atoms with van der Waals surface area (Å²) in [6, 6.07) is 0. The minimum Gasteiger partial charge on any atom is -0.469 e. The van der Waals surface area contributed by atoms with E-state index in [1.807, 2.05) is 20.8 Å². The molecule has 2 aliphatic carbocycles. The van der Waals surface area contributed by atoms with Crippen molar-refractivity contribution in [2.24, 2.45) is 11.8 Å². The van der Waals surface area contributed by atoms with Crippen LogP contribution in [0.5, 0.6) is 0 Å². The molecule has 1 N–H and O–H groups in total. The highest BCUT2D eigenvalue weighted by molar-refractivity contribution is 5.75. The number of ether oxygens (including phenoxy) is 2. The molecule has 0 heterocycles. The van der Waals surface area contributed by atoms with Crippen LogP contribution in [0, 0.1) is 11.8 Å². The van der Waals surface area contributed by atoms with Gasteiger partial charge in [0.05, 0.1) is 13.0 Å². The summed E-state index contributed by atoms with van der Waals surface area (Å²) in [4.78, 5) is 23.2. The van der Waals surface area contributed by atoms with Crippen LogP contribution in [0.15, 0.2) is 0 Å². The van der Waals surface area contributed by atoms with E-state index in [2.05, 4.69) is 5.32 Å². The quantitative estimate of drug-likeness (QED) is 0.765. The molecule has 0 aliphatic heterocycles. The molecule has 18 heavy (non-hydrogen) atoms. The molecule has 3 atom stereocenters. The lowest BCUT2D eigenvalue weighted by Gasteiger charge is -2.23. The highest BCUT2D eigenvalue weighted by Gasteiger charge is 2.63. The Balaban J connectivity index is 1.89. The fourth-order valence-electron chi connectivity index (χ4n) is 2.86. The van der Waals surface area contributed by atoms with Gasteiger partial charge in [-0.3, -0.25) is 4.79 Å². The van der Waals surface area contributed by atoms with Crippen molar-refractivity contribution in [3.8, 4) is 0 Å². The van der Waals surface area contributed by atoms with Crippen LogP contribution in [-0.2, 0) is 14.3 Å². The van der Waals surface area contributed by atoms with Crippen molar-refractivity contribution < 1.29 is 19.1 Å². The van der Waals surface area contributed by atoms with Gasteiger partial charge >= 0.3 is 12.1 Å². The first-order valence-electron chi connectivity index (χ1n) is 6.35. The third kappa shape index (κ3) is 2.60. The molecule has 1 amide bonds. The van der Waals surface area contributed by atoms with Crippen LogP contribution in [0.25, 0.3) is 0 Å². The summed E-state index contributed by atoms with van der Waals surface area (Å²) in [5, 5.41) is 2.93. The maximum absolute atomic E-state index is 11.7. The summed E-state index contributed by atoms with van der Waals surface area (Å²) in [5.74, 6) is 0.144. The first kappa shape index (κ1) is 13.2. The predicted octanol–water partition coefficient (Wildman–Crippen LogP) is 1.85. The number of alkyl carbamates (subject to hydrolysis) is 1.